The Hall–Kier alpha value is -1.55. The molecule has 0 unspecified atom stereocenters. The van der Waals surface area contributed by atoms with E-state index < -0.39 is 5.97 Å². The van der Waals surface area contributed by atoms with Gasteiger partial charge in [-0.05, 0) is 49.3 Å². The summed E-state index contributed by atoms with van der Waals surface area (Å²) < 4.78 is 0. The lowest BCUT2D eigenvalue weighted by Gasteiger charge is -2.19. The van der Waals surface area contributed by atoms with Gasteiger partial charge in [-0.2, -0.15) is 5.10 Å². The van der Waals surface area contributed by atoms with Crippen molar-refractivity contribution in [1.29, 1.82) is 0 Å². The fourth-order valence-electron chi connectivity index (χ4n) is 2.24. The number of carbonyl (C=O) groups is 1. The topological polar surface area (TPSA) is 64.5 Å². The first-order valence-corrected chi connectivity index (χ1v) is 6.76. The first-order valence-electron chi connectivity index (χ1n) is 6.38. The quantitative estimate of drug-likeness (QED) is 0.865. The molecule has 0 aliphatic heterocycles. The van der Waals surface area contributed by atoms with E-state index in [1.165, 1.54) is 24.6 Å². The standard InChI is InChI=1S/C14H17ClN2O2/c1-9-3-2-4-11(7-9)16-17-13-8-10(14(18)19)5-6-12(13)15/h5-6,8-9,17H,2-4,7H2,1H3,(H,18,19)/p-1/b16-11-/t9-/m1/s1. The van der Waals surface area contributed by atoms with Crippen LogP contribution >= 0.6 is 11.6 Å². The van der Waals surface area contributed by atoms with Crippen molar-refractivity contribution in [2.45, 2.75) is 32.6 Å². The number of anilines is 1. The van der Waals surface area contributed by atoms with Gasteiger partial charge < -0.3 is 9.90 Å². The monoisotopic (exact) mass is 279 g/mol. The van der Waals surface area contributed by atoms with Crippen molar-refractivity contribution in [3.63, 3.8) is 0 Å². The molecule has 1 aliphatic rings. The second kappa shape index (κ2) is 6.06. The number of benzene rings is 1. The molecule has 2 rings (SSSR count). The first-order chi connectivity index (χ1) is 9.06. The lowest BCUT2D eigenvalue weighted by Crippen LogP contribution is -2.22. The van der Waals surface area contributed by atoms with Crippen molar-refractivity contribution in [3.05, 3.63) is 28.8 Å². The van der Waals surface area contributed by atoms with E-state index in [-0.39, 0.29) is 5.56 Å². The van der Waals surface area contributed by atoms with Gasteiger partial charge in [-0.25, -0.2) is 0 Å². The van der Waals surface area contributed by atoms with Gasteiger partial charge in [0.2, 0.25) is 0 Å². The molecule has 19 heavy (non-hydrogen) atoms. The minimum Gasteiger partial charge on any atom is -0.545 e. The number of hydrogen-bond acceptors (Lipinski definition) is 4. The van der Waals surface area contributed by atoms with Gasteiger partial charge in [0, 0.05) is 5.71 Å². The van der Waals surface area contributed by atoms with Crippen molar-refractivity contribution in [2.75, 3.05) is 5.43 Å². The lowest BCUT2D eigenvalue weighted by atomic mass is 9.89. The largest absolute Gasteiger partial charge is 0.545 e. The summed E-state index contributed by atoms with van der Waals surface area (Å²) >= 11 is 6.00. The molecule has 0 amide bonds. The molecule has 1 aromatic rings. The van der Waals surface area contributed by atoms with Crippen LogP contribution in [0.5, 0.6) is 0 Å². The van der Waals surface area contributed by atoms with Crippen LogP contribution in [0.3, 0.4) is 0 Å². The van der Waals surface area contributed by atoms with Crippen LogP contribution in [0.4, 0.5) is 5.69 Å². The summed E-state index contributed by atoms with van der Waals surface area (Å²) in [5, 5.41) is 15.6. The third-order valence-electron chi connectivity index (χ3n) is 3.28. The highest BCUT2D eigenvalue weighted by atomic mass is 35.5. The van der Waals surface area contributed by atoms with Crippen molar-refractivity contribution >= 4 is 29.0 Å². The van der Waals surface area contributed by atoms with E-state index in [1.807, 2.05) is 0 Å². The minimum absolute atomic E-state index is 0.0871. The average molecular weight is 280 g/mol. The Morgan fingerprint density at radius 3 is 3.00 bits per heavy atom. The fourth-order valence-corrected chi connectivity index (χ4v) is 2.40. The molecule has 0 spiro atoms. The van der Waals surface area contributed by atoms with Crippen LogP contribution in [-0.4, -0.2) is 11.7 Å². The molecule has 5 heteroatoms. The maximum Gasteiger partial charge on any atom is 0.0754 e. The number of hydrazone groups is 1. The van der Waals surface area contributed by atoms with Crippen LogP contribution in [0.25, 0.3) is 0 Å². The Morgan fingerprint density at radius 2 is 2.32 bits per heavy atom. The molecule has 1 atom stereocenters. The molecular weight excluding hydrogens is 264 g/mol. The summed E-state index contributed by atoms with van der Waals surface area (Å²) in [4.78, 5) is 10.8. The third kappa shape index (κ3) is 3.70. The van der Waals surface area contributed by atoms with Crippen LogP contribution in [-0.2, 0) is 0 Å². The Kier molecular flexibility index (Phi) is 4.43. The number of nitrogens with one attached hydrogen (secondary N) is 1. The fraction of sp³-hybridized carbons (Fsp3) is 0.429. The molecule has 0 aromatic heterocycles. The molecule has 1 N–H and O–H groups in total. The van der Waals surface area contributed by atoms with Crippen LogP contribution in [0.1, 0.15) is 43.0 Å². The van der Waals surface area contributed by atoms with Crippen molar-refractivity contribution in [2.24, 2.45) is 11.0 Å². The van der Waals surface area contributed by atoms with Gasteiger partial charge in [-0.3, -0.25) is 5.43 Å². The highest BCUT2D eigenvalue weighted by molar-refractivity contribution is 6.33. The Bertz CT molecular complexity index is 514. The van der Waals surface area contributed by atoms with Crippen LogP contribution in [0, 0.1) is 5.92 Å². The number of carbonyl (C=O) groups excluding carboxylic acids is 1. The molecule has 4 nitrogen and oxygen atoms in total. The van der Waals surface area contributed by atoms with Crippen molar-refractivity contribution in [3.8, 4) is 0 Å². The zero-order valence-electron chi connectivity index (χ0n) is 10.8. The van der Waals surface area contributed by atoms with Gasteiger partial charge in [0.25, 0.3) is 0 Å². The predicted molar refractivity (Wildman–Crippen MR) is 74.5 cm³/mol. The third-order valence-corrected chi connectivity index (χ3v) is 3.61. The number of hydrogen-bond donors (Lipinski definition) is 1. The summed E-state index contributed by atoms with van der Waals surface area (Å²) in [7, 11) is 0. The molecule has 0 saturated heterocycles. The summed E-state index contributed by atoms with van der Waals surface area (Å²) in [6.07, 6.45) is 4.34. The molecule has 102 valence electrons. The normalized spacial score (nSPS) is 21.4. The average Bonchev–Trinajstić information content (AvgIpc) is 2.37. The molecule has 1 fully saturated rings. The maximum absolute atomic E-state index is 10.8. The number of halogens is 1. The van der Waals surface area contributed by atoms with Crippen LogP contribution in [0.2, 0.25) is 5.02 Å². The molecule has 0 bridgehead atoms. The van der Waals surface area contributed by atoms with Gasteiger partial charge in [0.05, 0.1) is 16.7 Å². The van der Waals surface area contributed by atoms with Crippen LogP contribution < -0.4 is 10.5 Å². The molecule has 1 saturated carbocycles. The van der Waals surface area contributed by atoms with Crippen molar-refractivity contribution in [1.82, 2.24) is 0 Å². The van der Waals surface area contributed by atoms with Gasteiger partial charge in [0.15, 0.2) is 0 Å². The smallest absolute Gasteiger partial charge is 0.0754 e. The van der Waals surface area contributed by atoms with Crippen LogP contribution in [0.15, 0.2) is 23.3 Å². The minimum atomic E-state index is -1.22. The summed E-state index contributed by atoms with van der Waals surface area (Å²) in [5.41, 5.74) is 4.55. The van der Waals surface area contributed by atoms with Gasteiger partial charge >= 0.3 is 0 Å². The van der Waals surface area contributed by atoms with E-state index >= 15 is 0 Å². The Morgan fingerprint density at radius 1 is 1.53 bits per heavy atom. The van der Waals surface area contributed by atoms with Gasteiger partial charge in [-0.15, -0.1) is 0 Å². The van der Waals surface area contributed by atoms with Gasteiger partial charge in [-0.1, -0.05) is 24.6 Å². The number of rotatable bonds is 3. The second-order valence-corrected chi connectivity index (χ2v) is 5.38. The summed E-state index contributed by atoms with van der Waals surface area (Å²) in [6.45, 7) is 2.21. The lowest BCUT2D eigenvalue weighted by molar-refractivity contribution is -0.255. The highest BCUT2D eigenvalue weighted by Gasteiger charge is 2.14. The number of carboxylic acids is 1. The van der Waals surface area contributed by atoms with Crippen molar-refractivity contribution < 1.29 is 9.90 Å². The zero-order valence-corrected chi connectivity index (χ0v) is 11.5. The van der Waals surface area contributed by atoms with E-state index in [9.17, 15) is 9.90 Å². The van der Waals surface area contributed by atoms with E-state index in [1.54, 1.807) is 0 Å². The zero-order chi connectivity index (χ0) is 13.8. The second-order valence-electron chi connectivity index (χ2n) is 4.97. The molecule has 0 heterocycles. The Balaban J connectivity index is 2.12. The molecule has 0 radical (unpaired) electrons. The number of aromatic carboxylic acids is 1. The highest BCUT2D eigenvalue weighted by Crippen LogP contribution is 2.25. The molecule has 1 aromatic carbocycles. The SMILES string of the molecule is C[C@@H]1CCC/C(=N/Nc2cc(C(=O)[O-])ccc2Cl)C1. The Labute approximate surface area is 117 Å². The first kappa shape index (κ1) is 13.9. The van der Waals surface area contributed by atoms with E-state index in [0.29, 0.717) is 16.6 Å². The van der Waals surface area contributed by atoms with E-state index in [0.717, 1.165) is 25.0 Å². The predicted octanol–water partition coefficient (Wildman–Crippen LogP) is 2.68. The number of carboxylic acid groups (broad SMARTS) is 1. The van der Waals surface area contributed by atoms with E-state index in [4.69, 9.17) is 11.6 Å². The summed E-state index contributed by atoms with van der Waals surface area (Å²) in [5.74, 6) is -0.571. The number of nitrogens with zero attached hydrogens (tertiary/aromatic N) is 1. The van der Waals surface area contributed by atoms with Gasteiger partial charge in [0.1, 0.15) is 0 Å². The van der Waals surface area contributed by atoms with E-state index in [2.05, 4.69) is 17.5 Å². The summed E-state index contributed by atoms with van der Waals surface area (Å²) in [6, 6.07) is 4.38. The maximum atomic E-state index is 10.8. The molecular formula is C14H16ClN2O2-. The molecule has 1 aliphatic carbocycles.